The molecule has 160 valence electrons. The van der Waals surface area contributed by atoms with Gasteiger partial charge in [-0.05, 0) is 25.3 Å². The van der Waals surface area contributed by atoms with E-state index in [1.807, 2.05) is 29.0 Å². The Morgan fingerprint density at radius 3 is 2.52 bits per heavy atom. The van der Waals surface area contributed by atoms with Crippen molar-refractivity contribution in [3.05, 3.63) is 58.4 Å². The highest BCUT2D eigenvalue weighted by molar-refractivity contribution is 7.08. The van der Waals surface area contributed by atoms with Gasteiger partial charge in [-0.3, -0.25) is 9.80 Å². The summed E-state index contributed by atoms with van der Waals surface area (Å²) in [6.07, 6.45) is 0. The number of rotatable bonds is 6. The molecule has 1 saturated heterocycles. The molecular weight excluding hydrogens is 412 g/mol. The first kappa shape index (κ1) is 20.0. The summed E-state index contributed by atoms with van der Waals surface area (Å²) in [5.41, 5.74) is 3.16. The van der Waals surface area contributed by atoms with Crippen LogP contribution in [0.1, 0.15) is 30.2 Å². The van der Waals surface area contributed by atoms with E-state index in [4.69, 9.17) is 9.05 Å². The van der Waals surface area contributed by atoms with Crippen LogP contribution >= 0.6 is 11.3 Å². The summed E-state index contributed by atoms with van der Waals surface area (Å²) in [6.45, 7) is 8.55. The van der Waals surface area contributed by atoms with Crippen LogP contribution in [0.25, 0.3) is 22.8 Å². The fourth-order valence-corrected chi connectivity index (χ4v) is 4.34. The number of aromatic nitrogens is 4. The molecule has 1 aliphatic rings. The van der Waals surface area contributed by atoms with Gasteiger partial charge in [0.15, 0.2) is 5.82 Å². The topological polar surface area (TPSA) is 84.3 Å². The minimum Gasteiger partial charge on any atom is -0.337 e. The average molecular weight is 437 g/mol. The van der Waals surface area contributed by atoms with Gasteiger partial charge in [-0.2, -0.15) is 21.3 Å². The molecule has 8 nitrogen and oxygen atoms in total. The maximum Gasteiger partial charge on any atom is 0.258 e. The Morgan fingerprint density at radius 1 is 0.968 bits per heavy atom. The van der Waals surface area contributed by atoms with Gasteiger partial charge in [0.2, 0.25) is 11.7 Å². The van der Waals surface area contributed by atoms with Crippen molar-refractivity contribution >= 4 is 11.3 Å². The molecule has 1 fully saturated rings. The minimum atomic E-state index is 0.0733. The second-order valence-corrected chi connectivity index (χ2v) is 8.62. The van der Waals surface area contributed by atoms with E-state index in [9.17, 15) is 0 Å². The molecule has 0 aliphatic carbocycles. The Hall–Kier alpha value is -2.88. The SMILES string of the molecule is Cc1ccc(-c2noc(C(C)N3CCN(Cc4noc(-c5ccsc5)n4)CC3)n2)cc1. The summed E-state index contributed by atoms with van der Waals surface area (Å²) in [4.78, 5) is 13.9. The molecule has 31 heavy (non-hydrogen) atoms. The monoisotopic (exact) mass is 436 g/mol. The molecule has 0 bridgehead atoms. The lowest BCUT2D eigenvalue weighted by atomic mass is 10.1. The van der Waals surface area contributed by atoms with E-state index >= 15 is 0 Å². The second-order valence-electron chi connectivity index (χ2n) is 7.84. The smallest absolute Gasteiger partial charge is 0.258 e. The molecule has 0 amide bonds. The van der Waals surface area contributed by atoms with Crippen LogP contribution in [-0.2, 0) is 6.54 Å². The summed E-state index contributed by atoms with van der Waals surface area (Å²) in [5.74, 6) is 2.60. The van der Waals surface area contributed by atoms with Gasteiger partial charge >= 0.3 is 0 Å². The third kappa shape index (κ3) is 4.43. The number of thiophene rings is 1. The van der Waals surface area contributed by atoms with E-state index in [1.165, 1.54) is 5.56 Å². The van der Waals surface area contributed by atoms with Crippen LogP contribution in [0.4, 0.5) is 0 Å². The fraction of sp³-hybridized carbons (Fsp3) is 0.364. The lowest BCUT2D eigenvalue weighted by molar-refractivity contribution is 0.0827. The van der Waals surface area contributed by atoms with Gasteiger partial charge in [-0.1, -0.05) is 40.1 Å². The van der Waals surface area contributed by atoms with Crippen LogP contribution in [0.5, 0.6) is 0 Å². The maximum absolute atomic E-state index is 5.58. The van der Waals surface area contributed by atoms with Gasteiger partial charge in [0.05, 0.1) is 18.2 Å². The predicted octanol–water partition coefficient (Wildman–Crippen LogP) is 4.04. The number of benzene rings is 1. The number of piperazine rings is 1. The third-order valence-corrected chi connectivity index (χ3v) is 6.35. The Morgan fingerprint density at radius 2 is 1.77 bits per heavy atom. The van der Waals surface area contributed by atoms with E-state index in [0.29, 0.717) is 24.2 Å². The Labute approximate surface area is 184 Å². The quantitative estimate of drug-likeness (QED) is 0.448. The van der Waals surface area contributed by atoms with Crippen molar-refractivity contribution in [2.75, 3.05) is 26.2 Å². The number of aryl methyl sites for hydroxylation is 1. The first-order chi connectivity index (χ1) is 15.2. The summed E-state index contributed by atoms with van der Waals surface area (Å²) in [6, 6.07) is 10.2. The van der Waals surface area contributed by atoms with Gasteiger partial charge in [-0.15, -0.1) is 0 Å². The van der Waals surface area contributed by atoms with Crippen molar-refractivity contribution in [1.29, 1.82) is 0 Å². The van der Waals surface area contributed by atoms with Gasteiger partial charge in [-0.25, -0.2) is 0 Å². The van der Waals surface area contributed by atoms with Crippen molar-refractivity contribution in [1.82, 2.24) is 30.1 Å². The standard InChI is InChI=1S/C22H24N6O2S/c1-15-3-5-17(6-4-15)20-24-21(29-26-20)16(2)28-10-8-27(9-11-28)13-19-23-22(30-25-19)18-7-12-31-14-18/h3-7,12,14,16H,8-11,13H2,1-2H3. The van der Waals surface area contributed by atoms with Crippen LogP contribution < -0.4 is 0 Å². The first-order valence-electron chi connectivity index (χ1n) is 10.4. The van der Waals surface area contributed by atoms with Gasteiger partial charge in [0.25, 0.3) is 5.89 Å². The molecule has 9 heteroatoms. The molecule has 0 saturated carbocycles. The minimum absolute atomic E-state index is 0.0733. The molecule has 3 aromatic heterocycles. The molecule has 4 aromatic rings. The molecule has 4 heterocycles. The third-order valence-electron chi connectivity index (χ3n) is 5.66. The fourth-order valence-electron chi connectivity index (χ4n) is 3.71. The van der Waals surface area contributed by atoms with Crippen LogP contribution in [0.15, 0.2) is 50.1 Å². The van der Waals surface area contributed by atoms with Crippen LogP contribution in [-0.4, -0.2) is 56.3 Å². The maximum atomic E-state index is 5.58. The molecule has 0 spiro atoms. The lowest BCUT2D eigenvalue weighted by Crippen LogP contribution is -2.46. The van der Waals surface area contributed by atoms with Crippen LogP contribution in [0.2, 0.25) is 0 Å². The van der Waals surface area contributed by atoms with E-state index in [0.717, 1.165) is 43.1 Å². The zero-order chi connectivity index (χ0) is 21.2. The zero-order valence-electron chi connectivity index (χ0n) is 17.6. The second kappa shape index (κ2) is 8.70. The van der Waals surface area contributed by atoms with E-state index in [2.05, 4.69) is 56.1 Å². The molecular formula is C22H24N6O2S. The molecule has 1 aliphatic heterocycles. The van der Waals surface area contributed by atoms with Gasteiger partial charge in [0.1, 0.15) is 0 Å². The van der Waals surface area contributed by atoms with Crippen molar-refractivity contribution in [2.45, 2.75) is 26.4 Å². The van der Waals surface area contributed by atoms with E-state index in [-0.39, 0.29) is 6.04 Å². The Balaban J connectivity index is 1.16. The highest BCUT2D eigenvalue weighted by atomic mass is 32.1. The van der Waals surface area contributed by atoms with Crippen LogP contribution in [0.3, 0.4) is 0 Å². The lowest BCUT2D eigenvalue weighted by Gasteiger charge is -2.36. The molecule has 0 N–H and O–H groups in total. The van der Waals surface area contributed by atoms with Crippen LogP contribution in [0, 0.1) is 6.92 Å². The van der Waals surface area contributed by atoms with Crippen molar-refractivity contribution in [2.24, 2.45) is 0 Å². The molecule has 5 rings (SSSR count). The summed E-state index contributed by atoms with van der Waals surface area (Å²) in [5, 5.41) is 12.3. The van der Waals surface area contributed by atoms with Crippen molar-refractivity contribution < 1.29 is 9.05 Å². The highest BCUT2D eigenvalue weighted by Crippen LogP contribution is 2.24. The van der Waals surface area contributed by atoms with E-state index < -0.39 is 0 Å². The summed E-state index contributed by atoms with van der Waals surface area (Å²) < 4.78 is 11.0. The van der Waals surface area contributed by atoms with Crippen molar-refractivity contribution in [3.63, 3.8) is 0 Å². The molecule has 1 unspecified atom stereocenters. The average Bonchev–Trinajstić information content (AvgIpc) is 3.56. The zero-order valence-corrected chi connectivity index (χ0v) is 18.4. The molecule has 1 atom stereocenters. The highest BCUT2D eigenvalue weighted by Gasteiger charge is 2.26. The Bertz CT molecular complexity index is 1110. The summed E-state index contributed by atoms with van der Waals surface area (Å²) in [7, 11) is 0. The van der Waals surface area contributed by atoms with Crippen molar-refractivity contribution in [3.8, 4) is 22.8 Å². The van der Waals surface area contributed by atoms with E-state index in [1.54, 1.807) is 11.3 Å². The normalized spacial score (nSPS) is 16.6. The Kier molecular flexibility index (Phi) is 5.63. The van der Waals surface area contributed by atoms with Gasteiger partial charge < -0.3 is 9.05 Å². The number of hydrogen-bond acceptors (Lipinski definition) is 9. The number of hydrogen-bond donors (Lipinski definition) is 0. The van der Waals surface area contributed by atoms with Gasteiger partial charge in [0, 0.05) is 37.1 Å². The first-order valence-corrected chi connectivity index (χ1v) is 11.3. The molecule has 0 radical (unpaired) electrons. The number of nitrogens with zero attached hydrogens (tertiary/aromatic N) is 6. The molecule has 1 aromatic carbocycles. The predicted molar refractivity (Wildman–Crippen MR) is 117 cm³/mol. The largest absolute Gasteiger partial charge is 0.337 e. The summed E-state index contributed by atoms with van der Waals surface area (Å²) >= 11 is 1.62.